The highest BCUT2D eigenvalue weighted by molar-refractivity contribution is 9.09. The first-order chi connectivity index (χ1) is 8.81. The minimum absolute atomic E-state index is 0.264. The highest BCUT2D eigenvalue weighted by Crippen LogP contribution is 2.25. The number of carbonyl (C=O) groups is 1. The number of hydrogen-bond acceptors (Lipinski definition) is 2. The molecule has 0 aliphatic carbocycles. The van der Waals surface area contributed by atoms with Gasteiger partial charge in [-0.2, -0.15) is 0 Å². The number of ether oxygens (including phenoxy) is 1. The molecule has 19 heavy (non-hydrogen) atoms. The Hall–Kier alpha value is -1.50. The van der Waals surface area contributed by atoms with Crippen LogP contribution in [-0.2, 0) is 0 Å². The molecule has 1 rings (SSSR count). The van der Waals surface area contributed by atoms with E-state index in [2.05, 4.69) is 20.7 Å². The van der Waals surface area contributed by atoms with Gasteiger partial charge in [0.05, 0.1) is 5.56 Å². The molecule has 7 heteroatoms. The molecule has 1 aromatic rings. The van der Waals surface area contributed by atoms with E-state index in [4.69, 9.17) is 5.11 Å². The van der Waals surface area contributed by atoms with Gasteiger partial charge in [0.2, 0.25) is 0 Å². The third-order valence-electron chi connectivity index (χ3n) is 2.00. The number of halogens is 4. The van der Waals surface area contributed by atoms with Crippen molar-refractivity contribution in [3.8, 4) is 5.75 Å². The van der Waals surface area contributed by atoms with Crippen LogP contribution in [0.15, 0.2) is 24.3 Å². The van der Waals surface area contributed by atoms with E-state index in [0.717, 1.165) is 12.1 Å². The summed E-state index contributed by atoms with van der Waals surface area (Å²) < 4.78 is 40.1. The highest BCUT2D eigenvalue weighted by atomic mass is 79.9. The van der Waals surface area contributed by atoms with Crippen LogP contribution < -0.4 is 4.74 Å². The molecular formula is C12H10BrF3O3. The summed E-state index contributed by atoms with van der Waals surface area (Å²) in [5, 5.41) is 9.54. The zero-order valence-electron chi connectivity index (χ0n) is 9.58. The average molecular weight is 339 g/mol. The van der Waals surface area contributed by atoms with Crippen molar-refractivity contribution in [3.63, 3.8) is 0 Å². The molecule has 1 aromatic carbocycles. The van der Waals surface area contributed by atoms with Gasteiger partial charge in [-0.1, -0.05) is 28.1 Å². The Morgan fingerprint density at radius 3 is 2.58 bits per heavy atom. The molecule has 0 aliphatic rings. The van der Waals surface area contributed by atoms with Crippen molar-refractivity contribution in [2.45, 2.75) is 12.8 Å². The summed E-state index contributed by atoms with van der Waals surface area (Å²) in [4.78, 5) is 10.8. The molecule has 0 amide bonds. The highest BCUT2D eigenvalue weighted by Gasteiger charge is 2.31. The maximum atomic E-state index is 12.1. The van der Waals surface area contributed by atoms with Crippen molar-refractivity contribution in [1.29, 1.82) is 0 Å². The Morgan fingerprint density at radius 2 is 2.05 bits per heavy atom. The van der Waals surface area contributed by atoms with Gasteiger partial charge in [0.1, 0.15) is 5.75 Å². The minimum atomic E-state index is -4.85. The van der Waals surface area contributed by atoms with E-state index in [1.165, 1.54) is 12.1 Å². The van der Waals surface area contributed by atoms with E-state index in [9.17, 15) is 18.0 Å². The largest absolute Gasteiger partial charge is 0.573 e. The van der Waals surface area contributed by atoms with Crippen LogP contribution in [-0.4, -0.2) is 22.8 Å². The van der Waals surface area contributed by atoms with Crippen molar-refractivity contribution in [3.05, 3.63) is 35.4 Å². The van der Waals surface area contributed by atoms with E-state index in [1.54, 1.807) is 6.08 Å². The van der Waals surface area contributed by atoms with E-state index in [1.807, 2.05) is 0 Å². The van der Waals surface area contributed by atoms with Crippen LogP contribution in [0, 0.1) is 0 Å². The number of carboxylic acid groups (broad SMARTS) is 1. The Morgan fingerprint density at radius 1 is 1.37 bits per heavy atom. The predicted molar refractivity (Wildman–Crippen MR) is 67.5 cm³/mol. The SMILES string of the molecule is O=C(O)c1cc(C=CCCBr)cc(OC(F)(F)F)c1. The molecule has 1 N–H and O–H groups in total. The van der Waals surface area contributed by atoms with Gasteiger partial charge in [0.15, 0.2) is 0 Å². The quantitative estimate of drug-likeness (QED) is 0.823. The summed E-state index contributed by atoms with van der Waals surface area (Å²) in [6.45, 7) is 0. The number of alkyl halides is 4. The number of aromatic carboxylic acids is 1. The van der Waals surface area contributed by atoms with Crippen LogP contribution in [0.5, 0.6) is 5.75 Å². The lowest BCUT2D eigenvalue weighted by Gasteiger charge is -2.10. The molecule has 0 spiro atoms. The van der Waals surface area contributed by atoms with Gasteiger partial charge in [-0.25, -0.2) is 4.79 Å². The Bertz CT molecular complexity index is 484. The van der Waals surface area contributed by atoms with Crippen LogP contribution in [0.25, 0.3) is 6.08 Å². The number of rotatable bonds is 5. The average Bonchev–Trinajstić information content (AvgIpc) is 2.26. The first-order valence-electron chi connectivity index (χ1n) is 5.18. The zero-order chi connectivity index (χ0) is 14.5. The van der Waals surface area contributed by atoms with E-state index >= 15 is 0 Å². The Kier molecular flexibility index (Phi) is 5.41. The fraction of sp³-hybridized carbons (Fsp3) is 0.250. The molecule has 0 saturated carbocycles. The first kappa shape index (κ1) is 15.6. The second-order valence-electron chi connectivity index (χ2n) is 3.52. The van der Waals surface area contributed by atoms with Gasteiger partial charge in [-0.05, 0) is 30.2 Å². The number of hydrogen-bond donors (Lipinski definition) is 1. The van der Waals surface area contributed by atoms with Gasteiger partial charge in [-0.15, -0.1) is 13.2 Å². The van der Waals surface area contributed by atoms with Gasteiger partial charge in [0, 0.05) is 5.33 Å². The first-order valence-corrected chi connectivity index (χ1v) is 6.30. The second-order valence-corrected chi connectivity index (χ2v) is 4.32. The van der Waals surface area contributed by atoms with Crippen molar-refractivity contribution >= 4 is 28.0 Å². The van der Waals surface area contributed by atoms with Gasteiger partial charge in [-0.3, -0.25) is 0 Å². The molecular weight excluding hydrogens is 329 g/mol. The van der Waals surface area contributed by atoms with Crippen LogP contribution >= 0.6 is 15.9 Å². The smallest absolute Gasteiger partial charge is 0.478 e. The lowest BCUT2D eigenvalue weighted by molar-refractivity contribution is -0.274. The molecule has 0 fully saturated rings. The van der Waals surface area contributed by atoms with Crippen molar-refractivity contribution in [2.75, 3.05) is 5.33 Å². The number of benzene rings is 1. The fourth-order valence-electron chi connectivity index (χ4n) is 1.32. The third-order valence-corrected chi connectivity index (χ3v) is 2.45. The zero-order valence-corrected chi connectivity index (χ0v) is 11.2. The fourth-order valence-corrected chi connectivity index (χ4v) is 1.58. The molecule has 0 saturated heterocycles. The summed E-state index contributed by atoms with van der Waals surface area (Å²) in [6, 6.07) is 3.23. The number of allylic oxidation sites excluding steroid dienone is 1. The Balaban J connectivity index is 3.07. The summed E-state index contributed by atoms with van der Waals surface area (Å²) in [5.41, 5.74) is 0.0698. The lowest BCUT2D eigenvalue weighted by Crippen LogP contribution is -2.17. The summed E-state index contributed by atoms with van der Waals surface area (Å²) >= 11 is 3.20. The van der Waals surface area contributed by atoms with Crippen LogP contribution in [0.4, 0.5) is 13.2 Å². The second kappa shape index (κ2) is 6.60. The monoisotopic (exact) mass is 338 g/mol. The molecule has 0 unspecified atom stereocenters. The normalized spacial score (nSPS) is 11.8. The summed E-state index contributed by atoms with van der Waals surface area (Å²) in [5.74, 6) is -1.87. The maximum absolute atomic E-state index is 12.1. The molecule has 0 aliphatic heterocycles. The standard InChI is InChI=1S/C12H10BrF3O3/c13-4-2-1-3-8-5-9(11(17)18)7-10(6-8)19-12(14,15)16/h1,3,5-7H,2,4H2,(H,17,18). The van der Waals surface area contributed by atoms with Crippen LogP contribution in [0.3, 0.4) is 0 Å². The molecule has 0 aromatic heterocycles. The molecule has 3 nitrogen and oxygen atoms in total. The summed E-state index contributed by atoms with van der Waals surface area (Å²) in [6.07, 6.45) is -0.926. The molecule has 104 valence electrons. The van der Waals surface area contributed by atoms with E-state index < -0.39 is 18.1 Å². The van der Waals surface area contributed by atoms with Crippen molar-refractivity contribution in [1.82, 2.24) is 0 Å². The lowest BCUT2D eigenvalue weighted by atomic mass is 10.1. The van der Waals surface area contributed by atoms with E-state index in [0.29, 0.717) is 17.3 Å². The van der Waals surface area contributed by atoms with Crippen LogP contribution in [0.1, 0.15) is 22.3 Å². The predicted octanol–water partition coefficient (Wildman–Crippen LogP) is 4.08. The third kappa shape index (κ3) is 5.78. The molecule has 0 heterocycles. The van der Waals surface area contributed by atoms with E-state index in [-0.39, 0.29) is 5.56 Å². The topological polar surface area (TPSA) is 46.5 Å². The van der Waals surface area contributed by atoms with Crippen LogP contribution in [0.2, 0.25) is 0 Å². The maximum Gasteiger partial charge on any atom is 0.573 e. The van der Waals surface area contributed by atoms with Gasteiger partial charge < -0.3 is 9.84 Å². The summed E-state index contributed by atoms with van der Waals surface area (Å²) in [7, 11) is 0. The van der Waals surface area contributed by atoms with Crippen molar-refractivity contribution < 1.29 is 27.8 Å². The van der Waals surface area contributed by atoms with Gasteiger partial charge in [0.25, 0.3) is 0 Å². The molecule has 0 radical (unpaired) electrons. The number of carboxylic acids is 1. The molecule has 0 atom stereocenters. The minimum Gasteiger partial charge on any atom is -0.478 e. The van der Waals surface area contributed by atoms with Gasteiger partial charge >= 0.3 is 12.3 Å². The molecule has 0 bridgehead atoms. The van der Waals surface area contributed by atoms with Crippen molar-refractivity contribution in [2.24, 2.45) is 0 Å². The Labute approximate surface area is 115 Å².